The molecule has 0 fully saturated rings. The van der Waals surface area contributed by atoms with Gasteiger partial charge in [0.25, 0.3) is 0 Å². The van der Waals surface area contributed by atoms with Gasteiger partial charge in [-0.25, -0.2) is 14.4 Å². The molecule has 0 spiro atoms. The lowest BCUT2D eigenvalue weighted by Crippen LogP contribution is -2.30. The van der Waals surface area contributed by atoms with Crippen molar-refractivity contribution < 1.29 is 9.13 Å². The second kappa shape index (κ2) is 16.4. The number of hydrogen-bond acceptors (Lipinski definition) is 6. The van der Waals surface area contributed by atoms with Crippen LogP contribution < -0.4 is 15.0 Å². The minimum atomic E-state index is -0.422. The average molecular weight is 615 g/mol. The van der Waals surface area contributed by atoms with Gasteiger partial charge < -0.3 is 15.0 Å². The standard InChI is InChI=1S/C37H51FN6O/c1-8-11-13-17-39-36(35-29(7)22-31-27(5)21-26(4)25-43(37(31)42-35)18-14-12-9-2)41-33-23-28(6)34(24-32(33)38)45-30-15-19-44(20-16-30)40-10-3/h10,13,15-17,19,22-24,26-27H,8-9,11-12,14,18,20-21,25H2,1-7H3,(H,39,41)/b17-13+,40-10-. The number of ether oxygens (including phenoxy) is 1. The van der Waals surface area contributed by atoms with E-state index in [1.807, 2.05) is 38.3 Å². The molecule has 2 atom stereocenters. The normalized spacial score (nSPS) is 18.8. The highest BCUT2D eigenvalue weighted by Gasteiger charge is 2.27. The average Bonchev–Trinajstić information content (AvgIpc) is 3.12. The van der Waals surface area contributed by atoms with E-state index in [2.05, 4.69) is 56.0 Å². The summed E-state index contributed by atoms with van der Waals surface area (Å²) in [5.41, 5.74) is 4.19. The third kappa shape index (κ3) is 9.05. The molecule has 0 amide bonds. The molecule has 0 bridgehead atoms. The Hall–Kier alpha value is -3.94. The Morgan fingerprint density at radius 3 is 2.67 bits per heavy atom. The smallest absolute Gasteiger partial charge is 0.156 e. The van der Waals surface area contributed by atoms with Crippen molar-refractivity contribution in [3.8, 4) is 5.75 Å². The summed E-state index contributed by atoms with van der Waals surface area (Å²) >= 11 is 0. The van der Waals surface area contributed by atoms with Gasteiger partial charge in [-0.15, -0.1) is 0 Å². The molecule has 2 aliphatic heterocycles. The first-order valence-electron chi connectivity index (χ1n) is 16.6. The largest absolute Gasteiger partial charge is 0.457 e. The van der Waals surface area contributed by atoms with Crippen LogP contribution in [0.3, 0.4) is 0 Å². The van der Waals surface area contributed by atoms with Crippen molar-refractivity contribution in [3.63, 3.8) is 0 Å². The zero-order chi connectivity index (χ0) is 32.3. The van der Waals surface area contributed by atoms with E-state index >= 15 is 4.39 Å². The summed E-state index contributed by atoms with van der Waals surface area (Å²) in [6.45, 7) is 17.4. The molecule has 1 aromatic carbocycles. The molecule has 0 saturated carbocycles. The molecule has 0 saturated heterocycles. The number of rotatable bonds is 12. The van der Waals surface area contributed by atoms with E-state index in [-0.39, 0.29) is 0 Å². The number of halogens is 1. The van der Waals surface area contributed by atoms with Gasteiger partial charge in [-0.2, -0.15) is 5.10 Å². The highest BCUT2D eigenvalue weighted by atomic mass is 19.1. The number of allylic oxidation sites excluding steroid dienone is 2. The van der Waals surface area contributed by atoms with Gasteiger partial charge in [0, 0.05) is 37.8 Å². The summed E-state index contributed by atoms with van der Waals surface area (Å²) in [6, 6.07) is 5.48. The number of hydrazone groups is 1. The van der Waals surface area contributed by atoms with Crippen LogP contribution in [0, 0.1) is 25.6 Å². The first-order chi connectivity index (χ1) is 21.7. The van der Waals surface area contributed by atoms with E-state index in [1.54, 1.807) is 23.5 Å². The monoisotopic (exact) mass is 614 g/mol. The van der Waals surface area contributed by atoms with Gasteiger partial charge in [-0.3, -0.25) is 5.01 Å². The van der Waals surface area contributed by atoms with Crippen molar-refractivity contribution in [2.24, 2.45) is 16.0 Å². The molecule has 1 aromatic heterocycles. The van der Waals surface area contributed by atoms with Gasteiger partial charge in [0.05, 0.1) is 12.2 Å². The number of nitrogens with one attached hydrogen (secondary N) is 1. The fraction of sp³-hybridized carbons (Fsp3) is 0.486. The number of unbranched alkanes of at least 4 members (excludes halogenated alkanes) is 3. The molecule has 1 N–H and O–H groups in total. The lowest BCUT2D eigenvalue weighted by atomic mass is 9.92. The lowest BCUT2D eigenvalue weighted by Gasteiger charge is -2.27. The second-order valence-electron chi connectivity index (χ2n) is 12.4. The Bertz CT molecular complexity index is 1460. The van der Waals surface area contributed by atoms with E-state index in [9.17, 15) is 0 Å². The number of fused-ring (bicyclic) bond motifs is 1. The molecular formula is C37H51FN6O. The fourth-order valence-corrected chi connectivity index (χ4v) is 5.92. The number of benzene rings is 1. The zero-order valence-corrected chi connectivity index (χ0v) is 28.2. The zero-order valence-electron chi connectivity index (χ0n) is 28.2. The van der Waals surface area contributed by atoms with E-state index in [4.69, 9.17) is 14.7 Å². The van der Waals surface area contributed by atoms with Gasteiger partial charge >= 0.3 is 0 Å². The van der Waals surface area contributed by atoms with Gasteiger partial charge in [0.2, 0.25) is 0 Å². The molecule has 0 aliphatic carbocycles. The molecule has 2 aromatic rings. The molecule has 3 heterocycles. The molecule has 4 rings (SSSR count). The molecule has 7 nitrogen and oxygen atoms in total. The molecular weight excluding hydrogens is 563 g/mol. The van der Waals surface area contributed by atoms with Crippen LogP contribution in [0.25, 0.3) is 0 Å². The Balaban J connectivity index is 1.68. The number of amidine groups is 1. The SMILES string of the molecule is C/C=N\N1C=CC(Oc2cc(F)c(NC(=N/C=C/CCC)c3nc4c(cc3C)C(C)CC(C)CN4CCCCC)cc2C)=CC1. The van der Waals surface area contributed by atoms with Crippen LogP contribution in [0.15, 0.2) is 64.7 Å². The van der Waals surface area contributed by atoms with Crippen molar-refractivity contribution in [1.29, 1.82) is 0 Å². The van der Waals surface area contributed by atoms with Crippen molar-refractivity contribution in [2.45, 2.75) is 92.9 Å². The van der Waals surface area contributed by atoms with Crippen LogP contribution in [-0.2, 0) is 0 Å². The van der Waals surface area contributed by atoms with E-state index in [0.29, 0.717) is 41.4 Å². The summed E-state index contributed by atoms with van der Waals surface area (Å²) in [7, 11) is 0. The van der Waals surface area contributed by atoms with Crippen LogP contribution in [0.2, 0.25) is 0 Å². The third-order valence-electron chi connectivity index (χ3n) is 8.26. The summed E-state index contributed by atoms with van der Waals surface area (Å²) in [6.07, 6.45) is 17.8. The predicted molar refractivity (Wildman–Crippen MR) is 187 cm³/mol. The Kier molecular flexibility index (Phi) is 12.4. The first kappa shape index (κ1) is 33.9. The van der Waals surface area contributed by atoms with E-state index < -0.39 is 5.82 Å². The van der Waals surface area contributed by atoms with Gasteiger partial charge in [-0.05, 0) is 92.8 Å². The molecule has 45 heavy (non-hydrogen) atoms. The highest BCUT2D eigenvalue weighted by Crippen LogP contribution is 2.37. The molecule has 0 radical (unpaired) electrons. The summed E-state index contributed by atoms with van der Waals surface area (Å²) in [5.74, 6) is 3.25. The quantitative estimate of drug-likeness (QED) is 0.147. The summed E-state index contributed by atoms with van der Waals surface area (Å²) in [5, 5.41) is 9.36. The number of aromatic nitrogens is 1. The van der Waals surface area contributed by atoms with Crippen molar-refractivity contribution in [3.05, 3.63) is 82.8 Å². The van der Waals surface area contributed by atoms with Crippen molar-refractivity contribution in [2.75, 3.05) is 29.9 Å². The molecule has 2 aliphatic rings. The van der Waals surface area contributed by atoms with Crippen LogP contribution in [-0.4, -0.2) is 41.7 Å². The third-order valence-corrected chi connectivity index (χ3v) is 8.26. The minimum absolute atomic E-state index is 0.331. The van der Waals surface area contributed by atoms with Gasteiger partial charge in [0.1, 0.15) is 28.8 Å². The maximum absolute atomic E-state index is 15.7. The maximum atomic E-state index is 15.7. The first-order valence-corrected chi connectivity index (χ1v) is 16.6. The second-order valence-corrected chi connectivity index (χ2v) is 12.4. The van der Waals surface area contributed by atoms with Crippen molar-refractivity contribution in [1.82, 2.24) is 9.99 Å². The number of anilines is 2. The van der Waals surface area contributed by atoms with Crippen LogP contribution in [0.4, 0.5) is 15.9 Å². The maximum Gasteiger partial charge on any atom is 0.156 e. The number of hydrogen-bond donors (Lipinski definition) is 1. The highest BCUT2D eigenvalue weighted by molar-refractivity contribution is 6.08. The van der Waals surface area contributed by atoms with Crippen LogP contribution in [0.5, 0.6) is 5.75 Å². The Labute approximate surface area is 269 Å². The number of aryl methyl sites for hydroxylation is 2. The predicted octanol–water partition coefficient (Wildman–Crippen LogP) is 9.25. The number of pyridine rings is 1. The summed E-state index contributed by atoms with van der Waals surface area (Å²) < 4.78 is 21.8. The molecule has 8 heteroatoms. The van der Waals surface area contributed by atoms with Gasteiger partial charge in [-0.1, -0.05) is 53.0 Å². The van der Waals surface area contributed by atoms with Crippen molar-refractivity contribution >= 4 is 23.6 Å². The Morgan fingerprint density at radius 2 is 1.96 bits per heavy atom. The van der Waals surface area contributed by atoms with E-state index in [0.717, 1.165) is 61.4 Å². The Morgan fingerprint density at radius 1 is 1.13 bits per heavy atom. The minimum Gasteiger partial charge on any atom is -0.457 e. The number of aliphatic imine (C=N–C) groups is 1. The number of nitrogens with zero attached hydrogens (tertiary/aromatic N) is 5. The molecule has 242 valence electrons. The topological polar surface area (TPSA) is 65.3 Å². The van der Waals surface area contributed by atoms with Crippen LogP contribution >= 0.6 is 0 Å². The fourth-order valence-electron chi connectivity index (χ4n) is 5.92. The lowest BCUT2D eigenvalue weighted by molar-refractivity contribution is 0.392. The van der Waals surface area contributed by atoms with Crippen LogP contribution in [0.1, 0.15) is 101 Å². The summed E-state index contributed by atoms with van der Waals surface area (Å²) in [4.78, 5) is 12.6. The van der Waals surface area contributed by atoms with Gasteiger partial charge in [0.15, 0.2) is 5.84 Å². The van der Waals surface area contributed by atoms with E-state index in [1.165, 1.54) is 24.5 Å². The molecule has 2 unspecified atom stereocenters.